The van der Waals surface area contributed by atoms with Crippen LogP contribution in [0, 0.1) is 5.82 Å². The van der Waals surface area contributed by atoms with E-state index in [1.807, 2.05) is 0 Å². The molecule has 16 heavy (non-hydrogen) atoms. The first-order valence-corrected chi connectivity index (χ1v) is 4.99. The molecule has 0 saturated heterocycles. The van der Waals surface area contributed by atoms with E-state index in [0.717, 1.165) is 0 Å². The summed E-state index contributed by atoms with van der Waals surface area (Å²) in [5, 5.41) is 2.90. The van der Waals surface area contributed by atoms with E-state index in [0.29, 0.717) is 12.2 Å². The first-order chi connectivity index (χ1) is 7.65. The summed E-state index contributed by atoms with van der Waals surface area (Å²) < 4.78 is 12.9. The van der Waals surface area contributed by atoms with Gasteiger partial charge < -0.3 is 10.2 Å². The molecule has 1 N–H and O–H groups in total. The van der Waals surface area contributed by atoms with Gasteiger partial charge in [-0.1, -0.05) is 12.1 Å². The van der Waals surface area contributed by atoms with Crippen LogP contribution in [0.2, 0.25) is 0 Å². The van der Waals surface area contributed by atoms with Gasteiger partial charge in [0.2, 0.25) is 5.91 Å². The monoisotopic (exact) mass is 222 g/mol. The molecule has 0 saturated carbocycles. The number of carbonyl (C=O) groups is 1. The maximum absolute atomic E-state index is 12.9. The highest BCUT2D eigenvalue weighted by molar-refractivity contribution is 5.94. The first kappa shape index (κ1) is 12.4. The molecule has 4 heteroatoms. The van der Waals surface area contributed by atoms with E-state index in [2.05, 4.69) is 11.9 Å². The van der Waals surface area contributed by atoms with Crippen molar-refractivity contribution in [1.82, 2.24) is 5.32 Å². The Bertz CT molecular complexity index is 379. The highest BCUT2D eigenvalue weighted by atomic mass is 19.1. The van der Waals surface area contributed by atoms with E-state index >= 15 is 0 Å². The van der Waals surface area contributed by atoms with Gasteiger partial charge in [0.1, 0.15) is 5.82 Å². The molecule has 0 spiro atoms. The molecule has 0 unspecified atom stereocenters. The predicted octanol–water partition coefficient (Wildman–Crippen LogP) is 1.56. The largest absolute Gasteiger partial charge is 0.314 e. The summed E-state index contributed by atoms with van der Waals surface area (Å²) >= 11 is 0. The smallest absolute Gasteiger partial charge is 0.240 e. The van der Waals surface area contributed by atoms with Gasteiger partial charge in [-0.3, -0.25) is 4.79 Å². The Labute approximate surface area is 94.6 Å². The fourth-order valence-corrected chi connectivity index (χ4v) is 1.23. The van der Waals surface area contributed by atoms with Crippen molar-refractivity contribution in [3.63, 3.8) is 0 Å². The number of hydrogen-bond donors (Lipinski definition) is 1. The number of likely N-dealkylation sites (N-methyl/N-ethyl adjacent to an activating group) is 1. The number of benzene rings is 1. The molecule has 1 amide bonds. The van der Waals surface area contributed by atoms with E-state index in [-0.39, 0.29) is 18.3 Å². The Hall–Kier alpha value is -1.68. The van der Waals surface area contributed by atoms with Crippen LogP contribution in [-0.2, 0) is 4.79 Å². The third kappa shape index (κ3) is 3.47. The van der Waals surface area contributed by atoms with Gasteiger partial charge in [0.25, 0.3) is 0 Å². The lowest BCUT2D eigenvalue weighted by atomic mass is 10.3. The van der Waals surface area contributed by atoms with Crippen LogP contribution in [0.1, 0.15) is 0 Å². The molecule has 0 aliphatic heterocycles. The van der Waals surface area contributed by atoms with Crippen molar-refractivity contribution in [2.45, 2.75) is 0 Å². The van der Waals surface area contributed by atoms with E-state index in [4.69, 9.17) is 0 Å². The van der Waals surface area contributed by atoms with Crippen molar-refractivity contribution in [2.24, 2.45) is 0 Å². The van der Waals surface area contributed by atoms with Gasteiger partial charge in [-0.25, -0.2) is 4.39 Å². The maximum atomic E-state index is 12.9. The number of nitrogens with zero attached hydrogens (tertiary/aromatic N) is 1. The second-order valence-corrected chi connectivity index (χ2v) is 3.35. The quantitative estimate of drug-likeness (QED) is 0.605. The molecule has 0 radical (unpaired) electrons. The van der Waals surface area contributed by atoms with Gasteiger partial charge in [-0.2, -0.15) is 0 Å². The lowest BCUT2D eigenvalue weighted by molar-refractivity contribution is -0.117. The Morgan fingerprint density at radius 1 is 1.62 bits per heavy atom. The number of carbonyl (C=O) groups excluding carboxylic acids is 1. The molecular weight excluding hydrogens is 207 g/mol. The normalized spacial score (nSPS) is 9.88. The molecule has 0 aromatic heterocycles. The maximum Gasteiger partial charge on any atom is 0.240 e. The average Bonchev–Trinajstić information content (AvgIpc) is 2.28. The molecule has 0 heterocycles. The lowest BCUT2D eigenvalue weighted by Crippen LogP contribution is -2.35. The Morgan fingerprint density at radius 2 is 2.38 bits per heavy atom. The summed E-state index contributed by atoms with van der Waals surface area (Å²) in [6.45, 7) is 4.31. The highest BCUT2D eigenvalue weighted by Gasteiger charge is 2.10. The third-order valence-corrected chi connectivity index (χ3v) is 2.13. The topological polar surface area (TPSA) is 32.3 Å². The van der Waals surface area contributed by atoms with Gasteiger partial charge in [0.15, 0.2) is 0 Å². The van der Waals surface area contributed by atoms with Crippen molar-refractivity contribution in [2.75, 3.05) is 25.0 Å². The number of anilines is 1. The van der Waals surface area contributed by atoms with Gasteiger partial charge in [-0.15, -0.1) is 6.58 Å². The van der Waals surface area contributed by atoms with Gasteiger partial charge >= 0.3 is 0 Å². The van der Waals surface area contributed by atoms with Crippen molar-refractivity contribution >= 4 is 11.6 Å². The summed E-state index contributed by atoms with van der Waals surface area (Å²) in [6.07, 6.45) is 1.68. The SMILES string of the molecule is C=CCNCC(=O)N(C)c1cccc(F)c1. The minimum Gasteiger partial charge on any atom is -0.314 e. The summed E-state index contributed by atoms with van der Waals surface area (Å²) in [7, 11) is 1.62. The van der Waals surface area contributed by atoms with Crippen LogP contribution in [0.4, 0.5) is 10.1 Å². The number of halogens is 1. The first-order valence-electron chi connectivity index (χ1n) is 4.99. The van der Waals surface area contributed by atoms with Crippen LogP contribution in [-0.4, -0.2) is 26.0 Å². The zero-order valence-corrected chi connectivity index (χ0v) is 9.24. The van der Waals surface area contributed by atoms with Crippen LogP contribution in [0.15, 0.2) is 36.9 Å². The summed E-state index contributed by atoms with van der Waals surface area (Å²) in [6, 6.07) is 5.93. The van der Waals surface area contributed by atoms with Crippen LogP contribution in [0.5, 0.6) is 0 Å². The Morgan fingerprint density at radius 3 is 3.00 bits per heavy atom. The van der Waals surface area contributed by atoms with Crippen molar-refractivity contribution in [3.8, 4) is 0 Å². The van der Waals surface area contributed by atoms with Crippen LogP contribution < -0.4 is 10.2 Å². The summed E-state index contributed by atoms with van der Waals surface area (Å²) in [4.78, 5) is 13.1. The second kappa shape index (κ2) is 6.02. The summed E-state index contributed by atoms with van der Waals surface area (Å²) in [5.74, 6) is -0.469. The average molecular weight is 222 g/mol. The molecule has 0 bridgehead atoms. The molecule has 0 fully saturated rings. The predicted molar refractivity (Wildman–Crippen MR) is 62.9 cm³/mol. The van der Waals surface area contributed by atoms with Crippen molar-refractivity contribution in [3.05, 3.63) is 42.7 Å². The zero-order chi connectivity index (χ0) is 12.0. The van der Waals surface area contributed by atoms with Crippen LogP contribution >= 0.6 is 0 Å². The standard InChI is InChI=1S/C12H15FN2O/c1-3-7-14-9-12(16)15(2)11-6-4-5-10(13)8-11/h3-6,8,14H,1,7,9H2,2H3. The fraction of sp³-hybridized carbons (Fsp3) is 0.250. The van der Waals surface area contributed by atoms with E-state index in [1.165, 1.54) is 17.0 Å². The Balaban J connectivity index is 2.59. The van der Waals surface area contributed by atoms with Crippen molar-refractivity contribution < 1.29 is 9.18 Å². The van der Waals surface area contributed by atoms with Gasteiger partial charge in [0, 0.05) is 19.3 Å². The second-order valence-electron chi connectivity index (χ2n) is 3.35. The minimum atomic E-state index is -0.351. The van der Waals surface area contributed by atoms with Gasteiger partial charge in [-0.05, 0) is 18.2 Å². The molecule has 0 atom stereocenters. The Kier molecular flexibility index (Phi) is 4.66. The zero-order valence-electron chi connectivity index (χ0n) is 9.24. The molecule has 86 valence electrons. The van der Waals surface area contributed by atoms with E-state index in [9.17, 15) is 9.18 Å². The molecule has 3 nitrogen and oxygen atoms in total. The third-order valence-electron chi connectivity index (χ3n) is 2.13. The fourth-order valence-electron chi connectivity index (χ4n) is 1.23. The van der Waals surface area contributed by atoms with Crippen LogP contribution in [0.25, 0.3) is 0 Å². The highest BCUT2D eigenvalue weighted by Crippen LogP contribution is 2.13. The number of nitrogens with one attached hydrogen (secondary N) is 1. The summed E-state index contributed by atoms with van der Waals surface area (Å²) in [5.41, 5.74) is 0.547. The van der Waals surface area contributed by atoms with Gasteiger partial charge in [0.05, 0.1) is 6.54 Å². The number of rotatable bonds is 5. The molecule has 0 aliphatic carbocycles. The number of hydrogen-bond acceptors (Lipinski definition) is 2. The molecule has 0 aliphatic rings. The van der Waals surface area contributed by atoms with E-state index in [1.54, 1.807) is 25.3 Å². The molecule has 1 rings (SSSR count). The van der Waals surface area contributed by atoms with E-state index < -0.39 is 0 Å². The van der Waals surface area contributed by atoms with Crippen LogP contribution in [0.3, 0.4) is 0 Å². The van der Waals surface area contributed by atoms with Crippen molar-refractivity contribution in [1.29, 1.82) is 0 Å². The lowest BCUT2D eigenvalue weighted by Gasteiger charge is -2.17. The molecular formula is C12H15FN2O. The molecule has 1 aromatic rings. The number of amides is 1. The molecule has 1 aromatic carbocycles. The minimum absolute atomic E-state index is 0.118.